The maximum absolute atomic E-state index is 12.8. The van der Waals surface area contributed by atoms with E-state index in [1.807, 2.05) is 0 Å². The van der Waals surface area contributed by atoms with Gasteiger partial charge in [-0.1, -0.05) is 19.3 Å². The Kier molecular flexibility index (Phi) is 5.12. The molecule has 0 amide bonds. The van der Waals surface area contributed by atoms with Gasteiger partial charge in [-0.05, 0) is 43.0 Å². The van der Waals surface area contributed by atoms with Crippen LogP contribution in [0.1, 0.15) is 32.1 Å². The highest BCUT2D eigenvalue weighted by atomic mass is 32.2. The lowest BCUT2D eigenvalue weighted by Crippen LogP contribution is -2.37. The Labute approximate surface area is 119 Å². The van der Waals surface area contributed by atoms with Gasteiger partial charge in [-0.15, -0.1) is 0 Å². The van der Waals surface area contributed by atoms with Crippen LogP contribution < -0.4 is 4.72 Å². The van der Waals surface area contributed by atoms with E-state index in [0.717, 1.165) is 37.8 Å². The van der Waals surface area contributed by atoms with Crippen molar-refractivity contribution in [1.29, 1.82) is 0 Å². The zero-order valence-corrected chi connectivity index (χ0v) is 12.1. The van der Waals surface area contributed by atoms with Gasteiger partial charge in [0.15, 0.2) is 0 Å². The monoisotopic (exact) mass is 301 g/mol. The Morgan fingerprint density at radius 2 is 1.80 bits per heavy atom. The van der Waals surface area contributed by atoms with Crippen molar-refractivity contribution in [3.05, 3.63) is 30.1 Å². The third kappa shape index (κ3) is 4.01. The predicted molar refractivity (Wildman–Crippen MR) is 74.2 cm³/mol. The number of benzene rings is 1. The largest absolute Gasteiger partial charge is 0.391 e. The Bertz CT molecular complexity index is 524. The molecule has 0 bridgehead atoms. The quantitative estimate of drug-likeness (QED) is 0.874. The number of nitrogens with one attached hydrogen (secondary N) is 1. The molecule has 1 aliphatic carbocycles. The van der Waals surface area contributed by atoms with E-state index < -0.39 is 21.9 Å². The van der Waals surface area contributed by atoms with Crippen LogP contribution in [0.25, 0.3) is 0 Å². The van der Waals surface area contributed by atoms with E-state index in [4.69, 9.17) is 0 Å². The van der Waals surface area contributed by atoms with Gasteiger partial charge in [-0.2, -0.15) is 0 Å². The maximum atomic E-state index is 12.8. The average Bonchev–Trinajstić information content (AvgIpc) is 2.46. The fourth-order valence-electron chi connectivity index (χ4n) is 2.58. The van der Waals surface area contributed by atoms with Crippen molar-refractivity contribution in [1.82, 2.24) is 4.72 Å². The molecule has 0 saturated heterocycles. The Hall–Kier alpha value is -0.980. The number of hydrogen-bond donors (Lipinski definition) is 2. The van der Waals surface area contributed by atoms with Crippen LogP contribution in [0.15, 0.2) is 29.2 Å². The van der Waals surface area contributed by atoms with Gasteiger partial charge in [-0.3, -0.25) is 0 Å². The second-order valence-electron chi connectivity index (χ2n) is 5.27. The minimum absolute atomic E-state index is 0.00434. The zero-order chi connectivity index (χ0) is 14.6. The molecule has 1 aromatic carbocycles. The molecule has 0 radical (unpaired) electrons. The second kappa shape index (κ2) is 6.65. The molecule has 1 aromatic rings. The van der Waals surface area contributed by atoms with Gasteiger partial charge in [0.2, 0.25) is 10.0 Å². The summed E-state index contributed by atoms with van der Waals surface area (Å²) in [6.07, 6.45) is 4.59. The number of halogens is 1. The number of sulfonamides is 1. The van der Waals surface area contributed by atoms with Crippen LogP contribution in [0.4, 0.5) is 4.39 Å². The van der Waals surface area contributed by atoms with Crippen molar-refractivity contribution in [3.63, 3.8) is 0 Å². The van der Waals surface area contributed by atoms with E-state index in [2.05, 4.69) is 4.72 Å². The van der Waals surface area contributed by atoms with E-state index in [1.165, 1.54) is 18.6 Å². The van der Waals surface area contributed by atoms with Gasteiger partial charge < -0.3 is 5.11 Å². The highest BCUT2D eigenvalue weighted by Gasteiger charge is 2.23. The van der Waals surface area contributed by atoms with Crippen LogP contribution in [0.2, 0.25) is 0 Å². The molecule has 1 saturated carbocycles. The zero-order valence-electron chi connectivity index (χ0n) is 11.3. The van der Waals surface area contributed by atoms with Crippen LogP contribution in [-0.2, 0) is 10.0 Å². The predicted octanol–water partition coefficient (Wildman–Crippen LogP) is 2.05. The maximum Gasteiger partial charge on any atom is 0.240 e. The first kappa shape index (κ1) is 15.4. The lowest BCUT2D eigenvalue weighted by Gasteiger charge is -2.26. The molecule has 0 spiro atoms. The highest BCUT2D eigenvalue weighted by molar-refractivity contribution is 7.89. The molecule has 0 unspecified atom stereocenters. The molecular formula is C14H20FNO3S. The molecule has 2 rings (SSSR count). The molecule has 4 nitrogen and oxygen atoms in total. The summed E-state index contributed by atoms with van der Waals surface area (Å²) in [7, 11) is -3.69. The molecule has 2 N–H and O–H groups in total. The number of hydrogen-bond acceptors (Lipinski definition) is 3. The van der Waals surface area contributed by atoms with Crippen LogP contribution in [-0.4, -0.2) is 26.2 Å². The summed E-state index contributed by atoms with van der Waals surface area (Å²) in [5.74, 6) is -0.314. The van der Waals surface area contributed by atoms with Crippen molar-refractivity contribution in [2.45, 2.75) is 43.1 Å². The standard InChI is InChI=1S/C14H20FNO3S/c15-12-6-8-13(9-7-12)20(18,19)16-10-14(17)11-4-2-1-3-5-11/h6-9,11,14,16-17H,1-5,10H2/t14-/m0/s1. The highest BCUT2D eigenvalue weighted by Crippen LogP contribution is 2.26. The molecule has 1 aliphatic rings. The summed E-state index contributed by atoms with van der Waals surface area (Å²) in [6, 6.07) is 4.63. The molecule has 0 aliphatic heterocycles. The first-order valence-corrected chi connectivity index (χ1v) is 8.40. The van der Waals surface area contributed by atoms with Crippen LogP contribution in [0.3, 0.4) is 0 Å². The summed E-state index contributed by atoms with van der Waals surface area (Å²) in [6.45, 7) is 0.00434. The molecule has 1 atom stereocenters. The Morgan fingerprint density at radius 1 is 1.20 bits per heavy atom. The van der Waals surface area contributed by atoms with Crippen molar-refractivity contribution < 1.29 is 17.9 Å². The molecule has 112 valence electrons. The number of aliphatic hydroxyl groups excluding tert-OH is 1. The topological polar surface area (TPSA) is 66.4 Å². The van der Waals surface area contributed by atoms with Crippen LogP contribution >= 0.6 is 0 Å². The van der Waals surface area contributed by atoms with E-state index in [0.29, 0.717) is 0 Å². The molecule has 0 aromatic heterocycles. The van der Waals surface area contributed by atoms with E-state index in [1.54, 1.807) is 0 Å². The molecule has 6 heteroatoms. The minimum Gasteiger partial charge on any atom is -0.391 e. The third-order valence-electron chi connectivity index (χ3n) is 3.80. The lowest BCUT2D eigenvalue weighted by atomic mass is 9.85. The van der Waals surface area contributed by atoms with Gasteiger partial charge in [0, 0.05) is 6.54 Å². The number of rotatable bonds is 5. The van der Waals surface area contributed by atoms with Crippen molar-refractivity contribution in [3.8, 4) is 0 Å². The first-order chi connectivity index (χ1) is 9.49. The lowest BCUT2D eigenvalue weighted by molar-refractivity contribution is 0.0888. The molecule has 1 fully saturated rings. The third-order valence-corrected chi connectivity index (χ3v) is 5.24. The fourth-order valence-corrected chi connectivity index (χ4v) is 3.63. The second-order valence-corrected chi connectivity index (χ2v) is 7.04. The van der Waals surface area contributed by atoms with Gasteiger partial charge in [0.05, 0.1) is 11.0 Å². The van der Waals surface area contributed by atoms with Crippen molar-refractivity contribution in [2.24, 2.45) is 5.92 Å². The average molecular weight is 301 g/mol. The smallest absolute Gasteiger partial charge is 0.240 e. The van der Waals surface area contributed by atoms with Crippen molar-refractivity contribution in [2.75, 3.05) is 6.54 Å². The summed E-state index contributed by atoms with van der Waals surface area (Å²) in [4.78, 5) is 0.00902. The Balaban J connectivity index is 1.93. The summed E-state index contributed by atoms with van der Waals surface area (Å²) < 4.78 is 39.1. The summed E-state index contributed by atoms with van der Waals surface area (Å²) in [5, 5.41) is 10.0. The van der Waals surface area contributed by atoms with Crippen LogP contribution in [0.5, 0.6) is 0 Å². The van der Waals surface area contributed by atoms with E-state index in [9.17, 15) is 17.9 Å². The van der Waals surface area contributed by atoms with E-state index in [-0.39, 0.29) is 17.4 Å². The van der Waals surface area contributed by atoms with Gasteiger partial charge in [-0.25, -0.2) is 17.5 Å². The summed E-state index contributed by atoms with van der Waals surface area (Å²) >= 11 is 0. The molecule has 0 heterocycles. The van der Waals surface area contributed by atoms with Crippen molar-refractivity contribution >= 4 is 10.0 Å². The van der Waals surface area contributed by atoms with Gasteiger partial charge >= 0.3 is 0 Å². The Morgan fingerprint density at radius 3 is 2.40 bits per heavy atom. The molecular weight excluding hydrogens is 281 g/mol. The summed E-state index contributed by atoms with van der Waals surface area (Å²) in [5.41, 5.74) is 0. The SMILES string of the molecule is O=S(=O)(NC[C@H](O)C1CCCCC1)c1ccc(F)cc1. The normalized spacial score (nSPS) is 18.9. The molecule has 20 heavy (non-hydrogen) atoms. The van der Waals surface area contributed by atoms with E-state index >= 15 is 0 Å². The van der Waals surface area contributed by atoms with Gasteiger partial charge in [0.1, 0.15) is 5.82 Å². The first-order valence-electron chi connectivity index (χ1n) is 6.92. The number of aliphatic hydroxyl groups is 1. The fraction of sp³-hybridized carbons (Fsp3) is 0.571. The van der Waals surface area contributed by atoms with Crippen LogP contribution in [0, 0.1) is 11.7 Å². The van der Waals surface area contributed by atoms with Gasteiger partial charge in [0.25, 0.3) is 0 Å². The minimum atomic E-state index is -3.69.